The second kappa shape index (κ2) is 3.62. The van der Waals surface area contributed by atoms with Gasteiger partial charge < -0.3 is 0 Å². The molecule has 54 valence electrons. The molecule has 1 heterocycles. The molecule has 0 aromatic heterocycles. The van der Waals surface area contributed by atoms with E-state index in [-0.39, 0.29) is 11.7 Å². The second-order valence-electron chi connectivity index (χ2n) is 2.26. The number of rotatable bonds is 2. The van der Waals surface area contributed by atoms with Crippen LogP contribution < -0.4 is 0 Å². The molecule has 0 fully saturated rings. The Morgan fingerprint density at radius 3 is 3.30 bits per heavy atom. The van der Waals surface area contributed by atoms with E-state index in [1.54, 1.807) is 17.8 Å². The number of thioether (sulfide) groups is 1. The molecule has 0 spiro atoms. The van der Waals surface area contributed by atoms with Crippen LogP contribution in [0, 0.1) is 5.92 Å². The van der Waals surface area contributed by atoms with Crippen molar-refractivity contribution in [3.63, 3.8) is 0 Å². The van der Waals surface area contributed by atoms with Crippen molar-refractivity contribution in [1.29, 1.82) is 0 Å². The molecule has 1 atom stereocenters. The quantitative estimate of drug-likeness (QED) is 0.566. The Labute approximate surface area is 65.2 Å². The van der Waals surface area contributed by atoms with Crippen LogP contribution in [0.25, 0.3) is 0 Å². The Morgan fingerprint density at radius 2 is 2.70 bits per heavy atom. The van der Waals surface area contributed by atoms with Gasteiger partial charge in [0.05, 0.1) is 0 Å². The molecule has 1 rings (SSSR count). The highest BCUT2D eigenvalue weighted by molar-refractivity contribution is 8.02. The van der Waals surface area contributed by atoms with Crippen LogP contribution >= 0.6 is 11.8 Å². The van der Waals surface area contributed by atoms with Crippen LogP contribution in [0.2, 0.25) is 0 Å². The summed E-state index contributed by atoms with van der Waals surface area (Å²) in [4.78, 5) is 11.0. The number of carbonyl (C=O) groups excluding carboxylic acids is 1. The largest absolute Gasteiger partial charge is 0.294 e. The topological polar surface area (TPSA) is 17.1 Å². The van der Waals surface area contributed by atoms with Crippen molar-refractivity contribution < 1.29 is 4.79 Å². The molecular weight excluding hydrogens is 144 g/mol. The lowest BCUT2D eigenvalue weighted by molar-refractivity contribution is -0.117. The summed E-state index contributed by atoms with van der Waals surface area (Å²) in [5, 5.41) is 1.86. The molecule has 0 aromatic carbocycles. The fourth-order valence-corrected chi connectivity index (χ4v) is 1.76. The fourth-order valence-electron chi connectivity index (χ4n) is 0.890. The van der Waals surface area contributed by atoms with Crippen LogP contribution in [-0.4, -0.2) is 11.5 Å². The first kappa shape index (κ1) is 7.61. The smallest absolute Gasteiger partial charge is 0.160 e. The maximum atomic E-state index is 11.0. The lowest BCUT2D eigenvalue weighted by Gasteiger charge is -2.12. The summed E-state index contributed by atoms with van der Waals surface area (Å²) < 4.78 is 0. The Bertz CT molecular complexity index is 172. The van der Waals surface area contributed by atoms with Crippen LogP contribution in [0.3, 0.4) is 0 Å². The molecule has 10 heavy (non-hydrogen) atoms. The summed E-state index contributed by atoms with van der Waals surface area (Å²) in [5.41, 5.74) is 0. The Hall–Kier alpha value is -0.500. The molecule has 1 aliphatic heterocycles. The first-order valence-corrected chi connectivity index (χ1v) is 4.32. The average Bonchev–Trinajstić information content (AvgIpc) is 1.94. The van der Waals surface area contributed by atoms with Gasteiger partial charge >= 0.3 is 0 Å². The van der Waals surface area contributed by atoms with Gasteiger partial charge in [0.25, 0.3) is 0 Å². The van der Waals surface area contributed by atoms with Crippen molar-refractivity contribution >= 4 is 17.5 Å². The minimum Gasteiger partial charge on any atom is -0.294 e. The minimum absolute atomic E-state index is 0.187. The predicted octanol–water partition coefficient (Wildman–Crippen LogP) is 2.01. The van der Waals surface area contributed by atoms with E-state index in [1.807, 2.05) is 11.5 Å². The molecule has 0 amide bonds. The molecular formula is C8H10OS. The number of carbonyl (C=O) groups is 1. The van der Waals surface area contributed by atoms with Gasteiger partial charge in [-0.2, -0.15) is 0 Å². The van der Waals surface area contributed by atoms with Gasteiger partial charge in [0.1, 0.15) is 0 Å². The van der Waals surface area contributed by atoms with Crippen molar-refractivity contribution in [1.82, 2.24) is 0 Å². The van der Waals surface area contributed by atoms with Gasteiger partial charge in [-0.1, -0.05) is 6.08 Å². The van der Waals surface area contributed by atoms with Gasteiger partial charge in [-0.15, -0.1) is 18.3 Å². The van der Waals surface area contributed by atoms with Gasteiger partial charge in [-0.3, -0.25) is 4.79 Å². The zero-order chi connectivity index (χ0) is 7.40. The van der Waals surface area contributed by atoms with Gasteiger partial charge in [-0.05, 0) is 17.9 Å². The summed E-state index contributed by atoms with van der Waals surface area (Å²) in [5.74, 6) is 1.35. The molecule has 0 radical (unpaired) electrons. The van der Waals surface area contributed by atoms with Gasteiger partial charge in [0, 0.05) is 11.7 Å². The van der Waals surface area contributed by atoms with Crippen molar-refractivity contribution in [3.05, 3.63) is 24.1 Å². The maximum absolute atomic E-state index is 11.0. The van der Waals surface area contributed by atoms with E-state index < -0.39 is 0 Å². The molecule has 0 bridgehead atoms. The van der Waals surface area contributed by atoms with Crippen molar-refractivity contribution in [2.45, 2.75) is 6.42 Å². The van der Waals surface area contributed by atoms with E-state index in [0.29, 0.717) is 0 Å². The molecule has 0 aliphatic carbocycles. The zero-order valence-electron chi connectivity index (χ0n) is 5.75. The molecule has 1 aliphatic rings. The highest BCUT2D eigenvalue weighted by Crippen LogP contribution is 2.20. The fraction of sp³-hybridized carbons (Fsp3) is 0.375. The van der Waals surface area contributed by atoms with E-state index in [9.17, 15) is 4.79 Å². The van der Waals surface area contributed by atoms with Crippen LogP contribution in [0.1, 0.15) is 6.42 Å². The molecule has 0 saturated carbocycles. The second-order valence-corrected chi connectivity index (χ2v) is 3.20. The third-order valence-corrected chi connectivity index (χ3v) is 2.40. The van der Waals surface area contributed by atoms with Crippen molar-refractivity contribution in [2.75, 3.05) is 5.75 Å². The number of allylic oxidation sites excluding steroid dienone is 2. The number of hydrogen-bond donors (Lipinski definition) is 0. The standard InChI is InChI=1S/C8H10OS/c1-2-3-7-6-10-5-4-8(7)9/h2,4-5,7H,1,3,6H2. The summed E-state index contributed by atoms with van der Waals surface area (Å²) in [6, 6.07) is 0. The van der Waals surface area contributed by atoms with Crippen LogP contribution in [0.4, 0.5) is 0 Å². The van der Waals surface area contributed by atoms with E-state index in [2.05, 4.69) is 6.58 Å². The average molecular weight is 154 g/mol. The van der Waals surface area contributed by atoms with E-state index in [4.69, 9.17) is 0 Å². The molecule has 0 saturated heterocycles. The summed E-state index contributed by atoms with van der Waals surface area (Å²) in [6.07, 6.45) is 4.28. The summed E-state index contributed by atoms with van der Waals surface area (Å²) in [6.45, 7) is 3.60. The monoisotopic (exact) mass is 154 g/mol. The van der Waals surface area contributed by atoms with Gasteiger partial charge in [-0.25, -0.2) is 0 Å². The third kappa shape index (κ3) is 1.74. The predicted molar refractivity (Wildman–Crippen MR) is 44.9 cm³/mol. The first-order chi connectivity index (χ1) is 4.84. The molecule has 1 unspecified atom stereocenters. The normalized spacial score (nSPS) is 24.8. The zero-order valence-corrected chi connectivity index (χ0v) is 6.56. The molecule has 1 nitrogen and oxygen atoms in total. The van der Waals surface area contributed by atoms with E-state index in [1.165, 1.54) is 0 Å². The lowest BCUT2D eigenvalue weighted by atomic mass is 10.0. The molecule has 0 aromatic rings. The molecule has 0 N–H and O–H groups in total. The van der Waals surface area contributed by atoms with Crippen LogP contribution in [0.15, 0.2) is 24.1 Å². The summed E-state index contributed by atoms with van der Waals surface area (Å²) >= 11 is 1.70. The summed E-state index contributed by atoms with van der Waals surface area (Å²) in [7, 11) is 0. The van der Waals surface area contributed by atoms with E-state index >= 15 is 0 Å². The Morgan fingerprint density at radius 1 is 1.90 bits per heavy atom. The minimum atomic E-state index is 0.187. The third-order valence-electron chi connectivity index (χ3n) is 1.48. The first-order valence-electron chi connectivity index (χ1n) is 3.27. The molecule has 2 heteroatoms. The van der Waals surface area contributed by atoms with Crippen molar-refractivity contribution in [2.24, 2.45) is 5.92 Å². The lowest BCUT2D eigenvalue weighted by Crippen LogP contribution is -2.16. The maximum Gasteiger partial charge on any atom is 0.160 e. The Kier molecular flexibility index (Phi) is 2.75. The van der Waals surface area contributed by atoms with Gasteiger partial charge in [0.2, 0.25) is 0 Å². The highest BCUT2D eigenvalue weighted by Gasteiger charge is 2.16. The number of hydrogen-bond acceptors (Lipinski definition) is 2. The Balaban J connectivity index is 2.52. The van der Waals surface area contributed by atoms with E-state index in [0.717, 1.165) is 12.2 Å². The van der Waals surface area contributed by atoms with Gasteiger partial charge in [0.15, 0.2) is 5.78 Å². The highest BCUT2D eigenvalue weighted by atomic mass is 32.2. The van der Waals surface area contributed by atoms with Crippen LogP contribution in [0.5, 0.6) is 0 Å². The SMILES string of the molecule is C=CCC1CSC=CC1=O. The van der Waals surface area contributed by atoms with Crippen molar-refractivity contribution in [3.8, 4) is 0 Å². The number of ketones is 1. The van der Waals surface area contributed by atoms with Crippen LogP contribution in [-0.2, 0) is 4.79 Å².